The number of nitrogens with one attached hydrogen (secondary N) is 1. The Balaban J connectivity index is 2.35. The molecule has 0 bridgehead atoms. The second kappa shape index (κ2) is 5.28. The Hall–Kier alpha value is -0.730. The number of hydrogen-bond acceptors (Lipinski definition) is 2. The molecule has 2 nitrogen and oxygen atoms in total. The molecule has 1 aromatic rings. The van der Waals surface area contributed by atoms with Crippen molar-refractivity contribution in [1.29, 1.82) is 0 Å². The molecule has 3 heteroatoms. The highest BCUT2D eigenvalue weighted by Crippen LogP contribution is 2.34. The molecule has 0 amide bonds. The van der Waals surface area contributed by atoms with E-state index in [1.807, 2.05) is 0 Å². The molecule has 17 heavy (non-hydrogen) atoms. The molecule has 1 unspecified atom stereocenters. The lowest BCUT2D eigenvalue weighted by Gasteiger charge is -2.18. The molecule has 94 valence electrons. The van der Waals surface area contributed by atoms with E-state index in [1.165, 1.54) is 18.4 Å². The molecule has 1 N–H and O–H groups in total. The molecular formula is C14H20ClNO. The Morgan fingerprint density at radius 1 is 1.41 bits per heavy atom. The minimum atomic E-state index is 0.544. The molecule has 0 spiro atoms. The van der Waals surface area contributed by atoms with Crippen molar-refractivity contribution in [3.63, 3.8) is 0 Å². The van der Waals surface area contributed by atoms with Gasteiger partial charge in [-0.15, -0.1) is 0 Å². The molecule has 2 rings (SSSR count). The van der Waals surface area contributed by atoms with Crippen molar-refractivity contribution in [1.82, 2.24) is 5.32 Å². The molecule has 1 aromatic carbocycles. The molecule has 0 radical (unpaired) electrons. The second-order valence-corrected chi connectivity index (χ2v) is 5.21. The highest BCUT2D eigenvalue weighted by molar-refractivity contribution is 6.32. The minimum Gasteiger partial charge on any atom is -0.496 e. The van der Waals surface area contributed by atoms with Crippen molar-refractivity contribution in [3.05, 3.63) is 27.8 Å². The van der Waals surface area contributed by atoms with Crippen LogP contribution in [0.4, 0.5) is 0 Å². The molecule has 0 saturated carbocycles. The monoisotopic (exact) mass is 253 g/mol. The van der Waals surface area contributed by atoms with Crippen LogP contribution in [0.5, 0.6) is 5.75 Å². The van der Waals surface area contributed by atoms with Crippen LogP contribution in [0.3, 0.4) is 0 Å². The number of hydrogen-bond donors (Lipinski definition) is 1. The first kappa shape index (κ1) is 12.7. The van der Waals surface area contributed by atoms with Gasteiger partial charge in [0.2, 0.25) is 0 Å². The number of aryl methyl sites for hydroxylation is 2. The minimum absolute atomic E-state index is 0.544. The summed E-state index contributed by atoms with van der Waals surface area (Å²) in [7, 11) is 1.72. The Morgan fingerprint density at radius 2 is 2.18 bits per heavy atom. The Labute approximate surface area is 108 Å². The predicted molar refractivity (Wildman–Crippen MR) is 72.2 cm³/mol. The van der Waals surface area contributed by atoms with Crippen LogP contribution in [0.15, 0.2) is 6.07 Å². The molecular weight excluding hydrogens is 234 g/mol. The van der Waals surface area contributed by atoms with Crippen molar-refractivity contribution in [2.75, 3.05) is 13.7 Å². The van der Waals surface area contributed by atoms with Crippen LogP contribution in [0.25, 0.3) is 0 Å². The summed E-state index contributed by atoms with van der Waals surface area (Å²) in [5.74, 6) is 0.953. The average Bonchev–Trinajstić information content (AvgIpc) is 2.78. The molecule has 1 heterocycles. The maximum Gasteiger partial charge on any atom is 0.126 e. The van der Waals surface area contributed by atoms with Gasteiger partial charge in [0.1, 0.15) is 5.75 Å². The molecule has 1 fully saturated rings. The normalized spacial score (nSPS) is 19.6. The Bertz CT molecular complexity index is 411. The Kier molecular flexibility index (Phi) is 3.95. The summed E-state index contributed by atoms with van der Waals surface area (Å²) in [6, 6.07) is 2.63. The van der Waals surface area contributed by atoms with E-state index in [9.17, 15) is 0 Å². The highest BCUT2D eigenvalue weighted by Gasteiger charge is 2.20. The van der Waals surface area contributed by atoms with Crippen LogP contribution in [-0.4, -0.2) is 19.7 Å². The van der Waals surface area contributed by atoms with Crippen LogP contribution < -0.4 is 10.1 Å². The zero-order valence-electron chi connectivity index (χ0n) is 10.8. The second-order valence-electron chi connectivity index (χ2n) is 4.83. The van der Waals surface area contributed by atoms with Gasteiger partial charge < -0.3 is 10.1 Å². The summed E-state index contributed by atoms with van der Waals surface area (Å²) < 4.78 is 5.51. The molecule has 1 aliphatic rings. The third kappa shape index (κ3) is 2.58. The smallest absolute Gasteiger partial charge is 0.126 e. The van der Waals surface area contributed by atoms with E-state index in [0.29, 0.717) is 6.04 Å². The van der Waals surface area contributed by atoms with Gasteiger partial charge in [0.15, 0.2) is 0 Å². The maximum atomic E-state index is 6.42. The number of methoxy groups -OCH3 is 1. The average molecular weight is 254 g/mol. The SMILES string of the molecule is COc1c(C)cc(C)c(Cl)c1CC1CCCN1. The summed E-state index contributed by atoms with van der Waals surface area (Å²) in [6.45, 7) is 5.25. The number of rotatable bonds is 3. The van der Waals surface area contributed by atoms with Crippen LogP contribution in [-0.2, 0) is 6.42 Å². The van der Waals surface area contributed by atoms with E-state index < -0.39 is 0 Å². The standard InChI is InChI=1S/C14H20ClNO/c1-9-7-10(2)14(17-3)12(13(9)15)8-11-5-4-6-16-11/h7,11,16H,4-6,8H2,1-3H3. The van der Waals surface area contributed by atoms with Crippen LogP contribution in [0.2, 0.25) is 5.02 Å². The van der Waals surface area contributed by atoms with Crippen molar-refractivity contribution in [3.8, 4) is 5.75 Å². The van der Waals surface area contributed by atoms with E-state index in [1.54, 1.807) is 7.11 Å². The van der Waals surface area contributed by atoms with E-state index >= 15 is 0 Å². The molecule has 0 aliphatic carbocycles. The third-order valence-corrected chi connectivity index (χ3v) is 4.02. The number of halogens is 1. The van der Waals surface area contributed by atoms with E-state index in [2.05, 4.69) is 25.2 Å². The highest BCUT2D eigenvalue weighted by atomic mass is 35.5. The van der Waals surface area contributed by atoms with E-state index in [-0.39, 0.29) is 0 Å². The molecule has 1 aliphatic heterocycles. The van der Waals surface area contributed by atoms with Gasteiger partial charge in [0.25, 0.3) is 0 Å². The fourth-order valence-electron chi connectivity index (χ4n) is 2.67. The summed E-state index contributed by atoms with van der Waals surface area (Å²) >= 11 is 6.42. The fourth-order valence-corrected chi connectivity index (χ4v) is 2.89. The van der Waals surface area contributed by atoms with Crippen molar-refractivity contribution >= 4 is 11.6 Å². The zero-order valence-corrected chi connectivity index (χ0v) is 11.5. The van der Waals surface area contributed by atoms with E-state index in [4.69, 9.17) is 16.3 Å². The first-order chi connectivity index (χ1) is 8.13. The van der Waals surface area contributed by atoms with Gasteiger partial charge in [-0.3, -0.25) is 0 Å². The maximum absolute atomic E-state index is 6.42. The lowest BCUT2D eigenvalue weighted by molar-refractivity contribution is 0.403. The first-order valence-corrected chi connectivity index (χ1v) is 6.57. The van der Waals surface area contributed by atoms with E-state index in [0.717, 1.165) is 34.9 Å². The van der Waals surface area contributed by atoms with Gasteiger partial charge in [-0.05, 0) is 50.8 Å². The zero-order chi connectivity index (χ0) is 12.4. The van der Waals surface area contributed by atoms with Crippen LogP contribution in [0.1, 0.15) is 29.5 Å². The lowest BCUT2D eigenvalue weighted by Crippen LogP contribution is -2.24. The van der Waals surface area contributed by atoms with Crippen LogP contribution >= 0.6 is 11.6 Å². The summed E-state index contributed by atoms with van der Waals surface area (Å²) in [5, 5.41) is 4.37. The molecule has 1 saturated heterocycles. The van der Waals surface area contributed by atoms with Gasteiger partial charge in [-0.1, -0.05) is 17.7 Å². The van der Waals surface area contributed by atoms with Crippen molar-refractivity contribution in [2.45, 2.75) is 39.2 Å². The van der Waals surface area contributed by atoms with Gasteiger partial charge in [0, 0.05) is 11.6 Å². The Morgan fingerprint density at radius 3 is 2.76 bits per heavy atom. The first-order valence-electron chi connectivity index (χ1n) is 6.19. The van der Waals surface area contributed by atoms with Gasteiger partial charge in [-0.2, -0.15) is 0 Å². The van der Waals surface area contributed by atoms with Crippen molar-refractivity contribution in [2.24, 2.45) is 0 Å². The fraction of sp³-hybridized carbons (Fsp3) is 0.571. The van der Waals surface area contributed by atoms with Crippen molar-refractivity contribution < 1.29 is 4.74 Å². The summed E-state index contributed by atoms with van der Waals surface area (Å²) in [5.41, 5.74) is 3.46. The summed E-state index contributed by atoms with van der Waals surface area (Å²) in [6.07, 6.45) is 3.45. The van der Waals surface area contributed by atoms with Crippen LogP contribution in [0, 0.1) is 13.8 Å². The molecule has 1 atom stereocenters. The predicted octanol–water partition coefficient (Wildman–Crippen LogP) is 3.26. The topological polar surface area (TPSA) is 21.3 Å². The van der Waals surface area contributed by atoms with Gasteiger partial charge >= 0.3 is 0 Å². The van der Waals surface area contributed by atoms with Gasteiger partial charge in [0.05, 0.1) is 12.1 Å². The summed E-state index contributed by atoms with van der Waals surface area (Å²) in [4.78, 5) is 0. The largest absolute Gasteiger partial charge is 0.496 e. The lowest BCUT2D eigenvalue weighted by atomic mass is 9.98. The molecule has 0 aromatic heterocycles. The number of benzene rings is 1. The quantitative estimate of drug-likeness (QED) is 0.893. The third-order valence-electron chi connectivity index (χ3n) is 3.49. The number of ether oxygens (including phenoxy) is 1. The van der Waals surface area contributed by atoms with Gasteiger partial charge in [-0.25, -0.2) is 0 Å².